The average Bonchev–Trinajstić information content (AvgIpc) is 2.65. The first-order valence-electron chi connectivity index (χ1n) is 6.77. The molecule has 0 radical (unpaired) electrons. The Kier molecular flexibility index (Phi) is 2.09. The lowest BCUT2D eigenvalue weighted by Crippen LogP contribution is -2.57. The zero-order valence-electron chi connectivity index (χ0n) is 10.9. The molecule has 3 aliphatic rings. The smallest absolute Gasteiger partial charge is 0.0926 e. The molecule has 2 heterocycles. The van der Waals surface area contributed by atoms with Crippen LogP contribution in [0.25, 0.3) is 0 Å². The summed E-state index contributed by atoms with van der Waals surface area (Å²) in [5.41, 5.74) is -0.267. The van der Waals surface area contributed by atoms with E-state index in [1.807, 2.05) is 0 Å². The van der Waals surface area contributed by atoms with Gasteiger partial charge in [-0.25, -0.2) is 0 Å². The highest BCUT2D eigenvalue weighted by Crippen LogP contribution is 2.61. The van der Waals surface area contributed by atoms with E-state index in [2.05, 4.69) is 27.7 Å². The molecule has 3 fully saturated rings. The summed E-state index contributed by atoms with van der Waals surface area (Å²) >= 11 is 0. The van der Waals surface area contributed by atoms with Crippen molar-refractivity contribution in [2.24, 2.45) is 23.7 Å². The Morgan fingerprint density at radius 1 is 1.19 bits per heavy atom. The van der Waals surface area contributed by atoms with Crippen molar-refractivity contribution in [1.29, 1.82) is 0 Å². The van der Waals surface area contributed by atoms with Gasteiger partial charge in [0.1, 0.15) is 0 Å². The Morgan fingerprint density at radius 3 is 2.56 bits per heavy atom. The van der Waals surface area contributed by atoms with Crippen molar-refractivity contribution in [3.05, 3.63) is 0 Å². The monoisotopic (exact) mass is 224 g/mol. The highest BCUT2D eigenvalue weighted by Gasteiger charge is 2.65. The minimum Gasteiger partial charge on any atom is -0.390 e. The van der Waals surface area contributed by atoms with E-state index in [1.54, 1.807) is 0 Å². The van der Waals surface area contributed by atoms with Crippen LogP contribution in [-0.4, -0.2) is 22.4 Å². The molecule has 2 saturated heterocycles. The van der Waals surface area contributed by atoms with Crippen LogP contribution in [-0.2, 0) is 4.74 Å². The summed E-state index contributed by atoms with van der Waals surface area (Å²) in [5, 5.41) is 10.6. The third-order valence-corrected chi connectivity index (χ3v) is 5.92. The van der Waals surface area contributed by atoms with Gasteiger partial charge >= 0.3 is 0 Å². The predicted octanol–water partition coefficient (Wildman–Crippen LogP) is 2.60. The third-order valence-electron chi connectivity index (χ3n) is 5.92. The lowest BCUT2D eigenvalue weighted by Gasteiger charge is -2.49. The van der Waals surface area contributed by atoms with E-state index in [4.69, 9.17) is 4.74 Å². The number of hydrogen-bond acceptors (Lipinski definition) is 2. The van der Waals surface area contributed by atoms with E-state index in [0.717, 1.165) is 6.42 Å². The first-order chi connectivity index (χ1) is 7.38. The quantitative estimate of drug-likeness (QED) is 0.685. The Balaban J connectivity index is 2.05. The number of aliphatic hydroxyl groups excluding tert-OH is 1. The fourth-order valence-corrected chi connectivity index (χ4v) is 4.91. The number of fused-ring (bicyclic) bond motifs is 4. The molecule has 0 aromatic rings. The van der Waals surface area contributed by atoms with Gasteiger partial charge in [-0.3, -0.25) is 0 Å². The highest BCUT2D eigenvalue weighted by molar-refractivity contribution is 5.14. The fraction of sp³-hybridized carbons (Fsp3) is 1.00. The third kappa shape index (κ3) is 1.10. The Hall–Kier alpha value is -0.0800. The van der Waals surface area contributed by atoms with E-state index in [-0.39, 0.29) is 17.3 Å². The SMILES string of the molecule is CC1CC[C@@H]2[C@@H]1[C@H](O)C1(C)CC(C)[C@@]2(C)O1. The summed E-state index contributed by atoms with van der Waals surface area (Å²) in [5.74, 6) is 2.28. The van der Waals surface area contributed by atoms with E-state index in [1.165, 1.54) is 12.8 Å². The Morgan fingerprint density at radius 2 is 1.88 bits per heavy atom. The number of ether oxygens (including phenoxy) is 1. The van der Waals surface area contributed by atoms with Crippen LogP contribution in [0.3, 0.4) is 0 Å². The van der Waals surface area contributed by atoms with Crippen LogP contribution in [0.4, 0.5) is 0 Å². The van der Waals surface area contributed by atoms with Gasteiger partial charge in [-0.2, -0.15) is 0 Å². The second-order valence-corrected chi connectivity index (χ2v) is 6.89. The lowest BCUT2D eigenvalue weighted by atomic mass is 9.71. The van der Waals surface area contributed by atoms with Crippen LogP contribution in [0.1, 0.15) is 47.0 Å². The van der Waals surface area contributed by atoms with Gasteiger partial charge in [-0.05, 0) is 56.8 Å². The Bertz CT molecular complexity index is 316. The molecule has 1 saturated carbocycles. The van der Waals surface area contributed by atoms with E-state index < -0.39 is 0 Å². The van der Waals surface area contributed by atoms with Crippen LogP contribution in [0, 0.1) is 23.7 Å². The topological polar surface area (TPSA) is 29.5 Å². The predicted molar refractivity (Wildman–Crippen MR) is 63.1 cm³/mol. The lowest BCUT2D eigenvalue weighted by molar-refractivity contribution is -0.233. The van der Waals surface area contributed by atoms with Gasteiger partial charge in [0, 0.05) is 0 Å². The first kappa shape index (κ1) is 11.0. The van der Waals surface area contributed by atoms with Crippen LogP contribution in [0.15, 0.2) is 0 Å². The van der Waals surface area contributed by atoms with Crippen LogP contribution < -0.4 is 0 Å². The summed E-state index contributed by atoms with van der Waals surface area (Å²) in [6, 6.07) is 0. The molecule has 3 rings (SSSR count). The molecular formula is C14H24O2. The molecule has 2 aliphatic heterocycles. The van der Waals surface area contributed by atoms with Crippen molar-refractivity contribution in [2.45, 2.75) is 64.3 Å². The van der Waals surface area contributed by atoms with Gasteiger partial charge in [0.05, 0.1) is 17.3 Å². The van der Waals surface area contributed by atoms with Crippen LogP contribution in [0.2, 0.25) is 0 Å². The second kappa shape index (κ2) is 3.02. The zero-order valence-corrected chi connectivity index (χ0v) is 10.9. The minimum absolute atomic E-state index is 0.0173. The molecule has 3 unspecified atom stereocenters. The van der Waals surface area contributed by atoms with E-state index >= 15 is 0 Å². The van der Waals surface area contributed by atoms with Crippen molar-refractivity contribution >= 4 is 0 Å². The van der Waals surface area contributed by atoms with Gasteiger partial charge in [-0.1, -0.05) is 13.8 Å². The maximum Gasteiger partial charge on any atom is 0.0926 e. The minimum atomic E-state index is -0.284. The summed E-state index contributed by atoms with van der Waals surface area (Å²) < 4.78 is 6.31. The normalized spacial score (nSPS) is 64.7. The summed E-state index contributed by atoms with van der Waals surface area (Å²) in [4.78, 5) is 0. The van der Waals surface area contributed by atoms with Crippen molar-refractivity contribution < 1.29 is 9.84 Å². The van der Waals surface area contributed by atoms with Gasteiger partial charge < -0.3 is 9.84 Å². The Labute approximate surface area is 98.4 Å². The molecule has 92 valence electrons. The number of hydrogen-bond donors (Lipinski definition) is 1. The van der Waals surface area contributed by atoms with Crippen molar-refractivity contribution in [3.8, 4) is 0 Å². The zero-order chi connectivity index (χ0) is 11.7. The molecule has 0 aromatic heterocycles. The van der Waals surface area contributed by atoms with Gasteiger partial charge in [0.25, 0.3) is 0 Å². The van der Waals surface area contributed by atoms with E-state index in [9.17, 15) is 5.11 Å². The maximum atomic E-state index is 10.6. The van der Waals surface area contributed by atoms with Gasteiger partial charge in [0.15, 0.2) is 0 Å². The van der Waals surface area contributed by atoms with Crippen LogP contribution in [0.5, 0.6) is 0 Å². The molecule has 1 aliphatic carbocycles. The summed E-state index contributed by atoms with van der Waals surface area (Å²) in [6.45, 7) is 8.99. The molecule has 2 bridgehead atoms. The summed E-state index contributed by atoms with van der Waals surface area (Å²) in [7, 11) is 0. The van der Waals surface area contributed by atoms with E-state index in [0.29, 0.717) is 23.7 Å². The number of aliphatic hydroxyl groups is 1. The fourth-order valence-electron chi connectivity index (χ4n) is 4.91. The highest BCUT2D eigenvalue weighted by atomic mass is 16.5. The maximum absolute atomic E-state index is 10.6. The largest absolute Gasteiger partial charge is 0.390 e. The molecule has 16 heavy (non-hydrogen) atoms. The molecule has 0 aromatic carbocycles. The average molecular weight is 224 g/mol. The van der Waals surface area contributed by atoms with Crippen molar-refractivity contribution in [2.75, 3.05) is 0 Å². The molecule has 0 amide bonds. The molecular weight excluding hydrogens is 200 g/mol. The summed E-state index contributed by atoms with van der Waals surface area (Å²) in [6.07, 6.45) is 3.26. The molecule has 2 nitrogen and oxygen atoms in total. The first-order valence-corrected chi connectivity index (χ1v) is 6.77. The molecule has 1 N–H and O–H groups in total. The standard InChI is InChI=1S/C14H24O2/c1-8-5-6-10-11(8)12(15)13(3)7-9(2)14(10,4)16-13/h8-12,15H,5-7H2,1-4H3/t8?,9?,10-,11-,12+,13?,14-/m1/s1. The van der Waals surface area contributed by atoms with Gasteiger partial charge in [0.2, 0.25) is 0 Å². The van der Waals surface area contributed by atoms with Gasteiger partial charge in [-0.15, -0.1) is 0 Å². The molecule has 2 heteroatoms. The van der Waals surface area contributed by atoms with Crippen LogP contribution >= 0.6 is 0 Å². The number of rotatable bonds is 0. The van der Waals surface area contributed by atoms with Crippen molar-refractivity contribution in [3.63, 3.8) is 0 Å². The molecule has 0 spiro atoms. The molecule has 7 atom stereocenters. The van der Waals surface area contributed by atoms with Crippen molar-refractivity contribution in [1.82, 2.24) is 0 Å². The second-order valence-electron chi connectivity index (χ2n) is 6.89.